The number of rotatable bonds is 16. The summed E-state index contributed by atoms with van der Waals surface area (Å²) in [7, 11) is -1.56. The predicted octanol–water partition coefficient (Wildman–Crippen LogP) is 5.56. The van der Waals surface area contributed by atoms with Crippen LogP contribution in [0.25, 0.3) is 10.2 Å². The Morgan fingerprint density at radius 1 is 0.940 bits per heavy atom. The van der Waals surface area contributed by atoms with E-state index in [9.17, 15) is 18.9 Å². The summed E-state index contributed by atoms with van der Waals surface area (Å²) in [6.45, 7) is 12.2. The molecule has 0 saturated heterocycles. The van der Waals surface area contributed by atoms with Gasteiger partial charge in [-0.3, -0.25) is 14.9 Å². The Hall–Kier alpha value is -3.48. The van der Waals surface area contributed by atoms with Crippen molar-refractivity contribution in [3.8, 4) is 0 Å². The van der Waals surface area contributed by atoms with Crippen LogP contribution in [-0.2, 0) is 32.5 Å². The van der Waals surface area contributed by atoms with Crippen LogP contribution >= 0.6 is 11.3 Å². The van der Waals surface area contributed by atoms with Crippen LogP contribution in [0.4, 0.5) is 0 Å². The average Bonchev–Trinajstić information content (AvgIpc) is 3.71. The van der Waals surface area contributed by atoms with Crippen LogP contribution in [0.15, 0.2) is 89.3 Å². The first-order valence-corrected chi connectivity index (χ1v) is 19.4. The number of aromatic nitrogens is 1. The number of hydrogen-bond donors (Lipinski definition) is 4. The molecule has 5 atom stereocenters. The average molecular weight is 718 g/mol. The molecule has 11 heteroatoms. The van der Waals surface area contributed by atoms with E-state index >= 15 is 0 Å². The molecular weight excluding hydrogens is 667 g/mol. The van der Waals surface area contributed by atoms with Crippen molar-refractivity contribution >= 4 is 44.4 Å². The molecule has 4 aromatic rings. The van der Waals surface area contributed by atoms with Crippen molar-refractivity contribution < 1.29 is 18.9 Å². The second kappa shape index (κ2) is 16.2. The summed E-state index contributed by atoms with van der Waals surface area (Å²) in [6, 6.07) is 23.3. The lowest BCUT2D eigenvalue weighted by molar-refractivity contribution is -0.133. The summed E-state index contributed by atoms with van der Waals surface area (Å²) in [5.41, 5.74) is 3.84. The van der Waals surface area contributed by atoms with Crippen molar-refractivity contribution in [1.29, 1.82) is 0 Å². The Bertz CT molecular complexity index is 1750. The number of fused-ring (bicyclic) bond motifs is 1. The highest BCUT2D eigenvalue weighted by Crippen LogP contribution is 2.45. The summed E-state index contributed by atoms with van der Waals surface area (Å²) in [4.78, 5) is 32.8. The predicted molar refractivity (Wildman–Crippen MR) is 202 cm³/mol. The smallest absolute Gasteiger partial charge is 0.243 e. The first-order chi connectivity index (χ1) is 23.8. The molecule has 1 saturated carbocycles. The number of thiazole rings is 1. The summed E-state index contributed by atoms with van der Waals surface area (Å²) in [5, 5.41) is 21.5. The SMILES string of the molecule is CC(C)CN(C[C@@H](O)[C@H](Cc1ccccc1)NC(=O)C(NC(=O)[C@@H](C)NC1(c2ccccc2)CC1)C(C)(C)C)S(=O)c1ccc2ncsc2c1. The zero-order valence-electron chi connectivity index (χ0n) is 29.9. The van der Waals surface area contributed by atoms with Crippen molar-refractivity contribution in [3.05, 3.63) is 95.5 Å². The summed E-state index contributed by atoms with van der Waals surface area (Å²) in [6.07, 6.45) is 1.17. The third-order valence-corrected chi connectivity index (χ3v) is 11.4. The number of nitrogens with zero attached hydrogens (tertiary/aromatic N) is 2. The molecule has 1 heterocycles. The van der Waals surface area contributed by atoms with Crippen molar-refractivity contribution in [3.63, 3.8) is 0 Å². The first-order valence-electron chi connectivity index (χ1n) is 17.4. The van der Waals surface area contributed by atoms with Crippen LogP contribution in [0, 0.1) is 11.3 Å². The number of hydrogen-bond acceptors (Lipinski definition) is 7. The zero-order chi connectivity index (χ0) is 36.1. The monoisotopic (exact) mass is 717 g/mol. The Labute approximate surface area is 302 Å². The minimum absolute atomic E-state index is 0.0678. The maximum Gasteiger partial charge on any atom is 0.243 e. The third kappa shape index (κ3) is 9.64. The van der Waals surface area contributed by atoms with Gasteiger partial charge in [0.25, 0.3) is 0 Å². The Morgan fingerprint density at radius 3 is 2.22 bits per heavy atom. The molecular formula is C39H51N5O4S2. The van der Waals surface area contributed by atoms with Gasteiger partial charge in [-0.1, -0.05) is 95.3 Å². The molecule has 0 spiro atoms. The molecule has 50 heavy (non-hydrogen) atoms. The highest BCUT2D eigenvalue weighted by molar-refractivity contribution is 7.82. The van der Waals surface area contributed by atoms with Gasteiger partial charge in [-0.15, -0.1) is 11.3 Å². The van der Waals surface area contributed by atoms with E-state index in [4.69, 9.17) is 0 Å². The van der Waals surface area contributed by atoms with Gasteiger partial charge in [0.05, 0.1) is 38.8 Å². The van der Waals surface area contributed by atoms with Gasteiger partial charge in [0.2, 0.25) is 11.8 Å². The topological polar surface area (TPSA) is 124 Å². The quantitative estimate of drug-likeness (QED) is 0.120. The molecule has 0 aliphatic heterocycles. The minimum atomic E-state index is -1.56. The normalized spacial score (nSPS) is 17.2. The van der Waals surface area contributed by atoms with Gasteiger partial charge in [-0.25, -0.2) is 13.5 Å². The molecule has 1 fully saturated rings. The van der Waals surface area contributed by atoms with Gasteiger partial charge in [0.1, 0.15) is 17.0 Å². The lowest BCUT2D eigenvalue weighted by Gasteiger charge is -2.35. The second-order valence-electron chi connectivity index (χ2n) is 15.0. The summed E-state index contributed by atoms with van der Waals surface area (Å²) in [5.74, 6) is -0.471. The molecule has 1 aromatic heterocycles. The van der Waals surface area contributed by atoms with Crippen LogP contribution in [-0.4, -0.2) is 67.7 Å². The number of amides is 2. The fraction of sp³-hybridized carbons (Fsp3) is 0.462. The maximum absolute atomic E-state index is 14.2. The second-order valence-corrected chi connectivity index (χ2v) is 17.3. The lowest BCUT2D eigenvalue weighted by atomic mass is 9.85. The Balaban J connectivity index is 1.33. The van der Waals surface area contributed by atoms with Crippen LogP contribution in [0.3, 0.4) is 0 Å². The summed E-state index contributed by atoms with van der Waals surface area (Å²) < 4.78 is 16.7. The highest BCUT2D eigenvalue weighted by atomic mass is 32.2. The molecule has 0 radical (unpaired) electrons. The number of aliphatic hydroxyl groups is 1. The van der Waals surface area contributed by atoms with E-state index in [1.54, 1.807) is 9.82 Å². The Morgan fingerprint density at radius 2 is 1.60 bits per heavy atom. The number of carbonyl (C=O) groups is 2. The van der Waals surface area contributed by atoms with E-state index in [2.05, 4.69) is 33.1 Å². The van der Waals surface area contributed by atoms with Crippen LogP contribution in [0.1, 0.15) is 65.5 Å². The van der Waals surface area contributed by atoms with Gasteiger partial charge in [0.15, 0.2) is 0 Å². The first kappa shape index (κ1) is 37.8. The van der Waals surface area contributed by atoms with Gasteiger partial charge in [-0.05, 0) is 66.8 Å². The Kier molecular flexibility index (Phi) is 12.3. The van der Waals surface area contributed by atoms with E-state index in [-0.39, 0.29) is 29.8 Å². The van der Waals surface area contributed by atoms with Gasteiger partial charge in [0, 0.05) is 18.6 Å². The fourth-order valence-electron chi connectivity index (χ4n) is 6.28. The van der Waals surface area contributed by atoms with Gasteiger partial charge in [-0.2, -0.15) is 0 Å². The molecule has 1 aliphatic carbocycles. The summed E-state index contributed by atoms with van der Waals surface area (Å²) >= 11 is 1.49. The van der Waals surface area contributed by atoms with E-state index in [0.717, 1.165) is 34.2 Å². The molecule has 268 valence electrons. The third-order valence-electron chi connectivity index (χ3n) is 9.17. The lowest BCUT2D eigenvalue weighted by Crippen LogP contribution is -2.60. The van der Waals surface area contributed by atoms with E-state index < -0.39 is 40.6 Å². The van der Waals surface area contributed by atoms with E-state index in [1.165, 1.54) is 11.3 Å². The number of nitrogens with one attached hydrogen (secondary N) is 3. The molecule has 5 rings (SSSR count). The fourth-order valence-corrected chi connectivity index (χ4v) is 8.50. The van der Waals surface area contributed by atoms with Crippen molar-refractivity contribution in [1.82, 2.24) is 25.2 Å². The minimum Gasteiger partial charge on any atom is -0.390 e. The number of aliphatic hydroxyl groups excluding tert-OH is 1. The van der Waals surface area contributed by atoms with Crippen LogP contribution in [0.5, 0.6) is 0 Å². The number of benzene rings is 3. The van der Waals surface area contributed by atoms with E-state index in [0.29, 0.717) is 17.9 Å². The largest absolute Gasteiger partial charge is 0.390 e. The van der Waals surface area contributed by atoms with Crippen LogP contribution in [0.2, 0.25) is 0 Å². The molecule has 3 aromatic carbocycles. The van der Waals surface area contributed by atoms with Crippen molar-refractivity contribution in [2.75, 3.05) is 13.1 Å². The molecule has 1 aliphatic rings. The highest BCUT2D eigenvalue weighted by Gasteiger charge is 2.46. The van der Waals surface area contributed by atoms with Crippen LogP contribution < -0.4 is 16.0 Å². The molecule has 9 nitrogen and oxygen atoms in total. The molecule has 4 N–H and O–H groups in total. The van der Waals surface area contributed by atoms with Crippen molar-refractivity contribution in [2.24, 2.45) is 11.3 Å². The van der Waals surface area contributed by atoms with E-state index in [1.807, 2.05) is 108 Å². The molecule has 2 amide bonds. The molecule has 2 unspecified atom stereocenters. The maximum atomic E-state index is 14.2. The molecule has 0 bridgehead atoms. The standard InChI is InChI=1S/C39H51N5O4S2/c1-26(2)23-44(50(48)30-17-18-31-34(22-30)49-25-40-31)24-33(45)32(21-28-13-9-7-10-14-28)41-37(47)35(38(4,5)6)42-36(46)27(3)43-39(19-20-39)29-15-11-8-12-16-29/h7-18,22,25-27,32-33,35,43,45H,19-21,23-24H2,1-6H3,(H,41,47)(H,42,46)/t27-,32+,33-,35?,50?/m1/s1. The van der Waals surface area contributed by atoms with Gasteiger partial charge >= 0.3 is 0 Å². The number of carbonyl (C=O) groups excluding carboxylic acids is 2. The van der Waals surface area contributed by atoms with Gasteiger partial charge < -0.3 is 15.7 Å². The zero-order valence-corrected chi connectivity index (χ0v) is 31.5. The van der Waals surface area contributed by atoms with Crippen molar-refractivity contribution in [2.45, 2.75) is 95.5 Å².